The van der Waals surface area contributed by atoms with Gasteiger partial charge in [-0.3, -0.25) is 20.2 Å². The van der Waals surface area contributed by atoms with Gasteiger partial charge in [0.05, 0.1) is 37.5 Å². The number of nitrogens with zero attached hydrogens (tertiary/aromatic N) is 6. The summed E-state index contributed by atoms with van der Waals surface area (Å²) in [7, 11) is -4.03. The summed E-state index contributed by atoms with van der Waals surface area (Å²) in [5.74, 6) is 0. The third-order valence-electron chi connectivity index (χ3n) is 5.69. The Balaban J connectivity index is 1.56. The number of nitro benzene ring substituents is 2. The van der Waals surface area contributed by atoms with Gasteiger partial charge >= 0.3 is 0 Å². The van der Waals surface area contributed by atoms with Gasteiger partial charge in [0.25, 0.3) is 11.4 Å². The topological polar surface area (TPSA) is 182 Å². The molecule has 0 fully saturated rings. The van der Waals surface area contributed by atoms with Gasteiger partial charge in [-0.15, -0.1) is 0 Å². The van der Waals surface area contributed by atoms with Gasteiger partial charge < -0.3 is 0 Å². The van der Waals surface area contributed by atoms with E-state index in [1.807, 2.05) is 0 Å². The molecule has 0 aliphatic heterocycles. The fraction of sp³-hybridized carbons (Fsp3) is 0. The predicted molar refractivity (Wildman–Crippen MR) is 136 cm³/mol. The van der Waals surface area contributed by atoms with Crippen LogP contribution in [0.4, 0.5) is 11.4 Å². The van der Waals surface area contributed by atoms with Gasteiger partial charge in [0.2, 0.25) is 10.0 Å². The molecular formula is C24H17N7O6S. The minimum absolute atomic E-state index is 0.0449. The highest BCUT2D eigenvalue weighted by Gasteiger charge is 2.17. The second kappa shape index (κ2) is 9.34. The van der Waals surface area contributed by atoms with Crippen LogP contribution < -0.4 is 5.14 Å². The first-order valence-electron chi connectivity index (χ1n) is 10.9. The maximum absolute atomic E-state index is 12.1. The summed E-state index contributed by atoms with van der Waals surface area (Å²) in [6.45, 7) is 0. The third-order valence-corrected chi connectivity index (χ3v) is 6.61. The molecule has 2 heterocycles. The predicted octanol–water partition coefficient (Wildman–Crippen LogP) is 3.86. The fourth-order valence-corrected chi connectivity index (χ4v) is 4.32. The molecule has 0 saturated carbocycles. The summed E-state index contributed by atoms with van der Waals surface area (Å²) < 4.78 is 27.1. The molecule has 2 aromatic heterocycles. The van der Waals surface area contributed by atoms with Crippen molar-refractivity contribution in [3.63, 3.8) is 0 Å². The van der Waals surface area contributed by atoms with Crippen LogP contribution in [0.1, 0.15) is 0 Å². The maximum atomic E-state index is 12.1. The van der Waals surface area contributed by atoms with E-state index in [4.69, 9.17) is 5.14 Å². The number of nitrogens with two attached hydrogens (primary N) is 1. The Bertz CT molecular complexity index is 1790. The lowest BCUT2D eigenvalue weighted by Gasteiger charge is -2.12. The van der Waals surface area contributed by atoms with E-state index in [0.29, 0.717) is 33.9 Å². The highest BCUT2D eigenvalue weighted by Crippen LogP contribution is 2.27. The average Bonchev–Trinajstić information content (AvgIpc) is 3.59. The van der Waals surface area contributed by atoms with E-state index in [2.05, 4.69) is 10.2 Å². The molecule has 0 aliphatic rings. The molecular weight excluding hydrogens is 514 g/mol. The molecule has 190 valence electrons. The minimum atomic E-state index is -4.03. The molecule has 3 aromatic carbocycles. The molecule has 5 aromatic rings. The summed E-state index contributed by atoms with van der Waals surface area (Å²) in [5.41, 5.74) is 3.03. The summed E-state index contributed by atoms with van der Waals surface area (Å²) in [5, 5.41) is 36.3. The molecule has 0 amide bonds. The van der Waals surface area contributed by atoms with Crippen LogP contribution >= 0.6 is 0 Å². The lowest BCUT2D eigenvalue weighted by Crippen LogP contribution is -2.14. The lowest BCUT2D eigenvalue weighted by atomic mass is 10.1. The van der Waals surface area contributed by atoms with E-state index in [-0.39, 0.29) is 16.3 Å². The molecule has 0 unspecified atom stereocenters. The van der Waals surface area contributed by atoms with Gasteiger partial charge in [-0.05, 0) is 54.6 Å². The Morgan fingerprint density at radius 1 is 0.658 bits per heavy atom. The number of benzene rings is 3. The average molecular weight is 532 g/mol. The molecule has 0 saturated heterocycles. The Kier molecular flexibility index (Phi) is 6.02. The fourth-order valence-electron chi connectivity index (χ4n) is 3.79. The van der Waals surface area contributed by atoms with E-state index < -0.39 is 19.9 Å². The van der Waals surface area contributed by atoms with Crippen LogP contribution in [0.25, 0.3) is 33.9 Å². The molecule has 0 spiro atoms. The maximum Gasteiger partial charge on any atom is 0.269 e. The largest absolute Gasteiger partial charge is 0.269 e. The molecule has 0 radical (unpaired) electrons. The van der Waals surface area contributed by atoms with Gasteiger partial charge in [0, 0.05) is 47.8 Å². The van der Waals surface area contributed by atoms with Gasteiger partial charge in [-0.1, -0.05) is 0 Å². The van der Waals surface area contributed by atoms with Gasteiger partial charge in [0.1, 0.15) is 0 Å². The number of non-ortho nitro benzene ring substituents is 2. The Hall–Kier alpha value is -5.21. The number of rotatable bonds is 7. The van der Waals surface area contributed by atoms with Crippen LogP contribution in [0, 0.1) is 20.2 Å². The van der Waals surface area contributed by atoms with Crippen LogP contribution in [0.5, 0.6) is 0 Å². The number of sulfonamides is 1. The summed E-state index contributed by atoms with van der Waals surface area (Å²) >= 11 is 0. The highest BCUT2D eigenvalue weighted by molar-refractivity contribution is 7.89. The normalized spacial score (nSPS) is 11.4. The molecule has 0 bridgehead atoms. The highest BCUT2D eigenvalue weighted by atomic mass is 32.2. The van der Waals surface area contributed by atoms with Crippen molar-refractivity contribution in [1.29, 1.82) is 0 Å². The second-order valence-corrected chi connectivity index (χ2v) is 9.66. The summed E-state index contributed by atoms with van der Waals surface area (Å²) in [6, 6.07) is 19.4. The van der Waals surface area contributed by atoms with Gasteiger partial charge in [-0.2, -0.15) is 10.2 Å². The molecule has 5 rings (SSSR count). The number of nitro groups is 2. The number of hydrogen-bond acceptors (Lipinski definition) is 8. The third kappa shape index (κ3) is 4.76. The molecule has 14 heteroatoms. The minimum Gasteiger partial charge on any atom is -0.258 e. The Morgan fingerprint density at radius 3 is 1.53 bits per heavy atom. The van der Waals surface area contributed by atoms with Crippen molar-refractivity contribution < 1.29 is 18.3 Å². The number of hydrogen-bond donors (Lipinski definition) is 1. The molecule has 38 heavy (non-hydrogen) atoms. The zero-order valence-corrected chi connectivity index (χ0v) is 20.1. The van der Waals surface area contributed by atoms with Crippen LogP contribution in [-0.4, -0.2) is 37.8 Å². The summed E-state index contributed by atoms with van der Waals surface area (Å²) in [6.07, 6.45) is 3.27. The van der Waals surface area contributed by atoms with E-state index >= 15 is 0 Å². The van der Waals surface area contributed by atoms with E-state index in [1.165, 1.54) is 51.8 Å². The zero-order valence-electron chi connectivity index (χ0n) is 19.3. The van der Waals surface area contributed by atoms with Crippen molar-refractivity contribution in [3.8, 4) is 33.9 Å². The first-order valence-corrected chi connectivity index (χ1v) is 12.4. The van der Waals surface area contributed by atoms with Crippen molar-refractivity contribution >= 4 is 21.4 Å². The smallest absolute Gasteiger partial charge is 0.258 e. The van der Waals surface area contributed by atoms with E-state index in [9.17, 15) is 28.6 Å². The van der Waals surface area contributed by atoms with Crippen LogP contribution in [0.15, 0.2) is 96.2 Å². The van der Waals surface area contributed by atoms with Crippen molar-refractivity contribution in [3.05, 3.63) is 111 Å². The Labute approximate surface area is 214 Å². The monoisotopic (exact) mass is 531 g/mol. The van der Waals surface area contributed by atoms with E-state index in [0.717, 1.165) is 0 Å². The van der Waals surface area contributed by atoms with Gasteiger partial charge in [-0.25, -0.2) is 22.9 Å². The lowest BCUT2D eigenvalue weighted by molar-refractivity contribution is -0.385. The number of primary sulfonamides is 1. The quantitative estimate of drug-likeness (QED) is 0.242. The second-order valence-electron chi connectivity index (χ2n) is 8.09. The van der Waals surface area contributed by atoms with Crippen molar-refractivity contribution in [2.75, 3.05) is 0 Å². The van der Waals surface area contributed by atoms with Crippen LogP contribution in [0.2, 0.25) is 0 Å². The Morgan fingerprint density at radius 2 is 1.11 bits per heavy atom. The molecule has 0 aliphatic carbocycles. The zero-order chi connectivity index (χ0) is 27.0. The van der Waals surface area contributed by atoms with Crippen molar-refractivity contribution in [2.45, 2.75) is 4.90 Å². The molecule has 2 N–H and O–H groups in total. The molecule has 0 atom stereocenters. The molecule has 13 nitrogen and oxygen atoms in total. The first-order chi connectivity index (χ1) is 18.1. The van der Waals surface area contributed by atoms with E-state index in [1.54, 1.807) is 48.8 Å². The summed E-state index contributed by atoms with van der Waals surface area (Å²) in [4.78, 5) is 20.8. The first kappa shape index (κ1) is 24.5. The SMILES string of the molecule is NS(=O)(=O)c1ccc(-n2ccc(-c3ccc([N+](=O)[O-])cc3)n2)c(-n2ccc(-c3ccc([N+](=O)[O-])cc3)n2)c1. The standard InChI is InChI=1S/C24H17N7O6S/c25-38(36,37)20-9-10-23(28-13-11-21(26-28)16-1-5-18(6-2-16)30(32)33)24(15-20)29-14-12-22(27-29)17-3-7-19(8-4-17)31(34)35/h1-15H,(H2,25,36,37). The number of aromatic nitrogens is 4. The van der Waals surface area contributed by atoms with Crippen molar-refractivity contribution in [2.24, 2.45) is 5.14 Å². The van der Waals surface area contributed by atoms with Gasteiger partial charge in [0.15, 0.2) is 0 Å². The van der Waals surface area contributed by atoms with Crippen LogP contribution in [-0.2, 0) is 10.0 Å². The van der Waals surface area contributed by atoms with Crippen molar-refractivity contribution in [1.82, 2.24) is 19.6 Å². The van der Waals surface area contributed by atoms with Crippen LogP contribution in [0.3, 0.4) is 0 Å².